The van der Waals surface area contributed by atoms with Crippen molar-refractivity contribution < 1.29 is 19.1 Å². The lowest BCUT2D eigenvalue weighted by Crippen LogP contribution is -2.27. The van der Waals surface area contributed by atoms with Gasteiger partial charge in [-0.15, -0.1) is 0 Å². The standard InChI is InChI=1S/C30H24ClNO4S/c1-2-35-27-16-21(12-15-26(27)36-19-20-10-13-24(31)14-11-20)17-28-29(33)32(30(34)37-28)18-23-8-5-7-22-6-3-4-9-25(22)23/h3-17H,2,18-19H2,1H3/b28-17+. The summed E-state index contributed by atoms with van der Waals surface area (Å²) in [7, 11) is 0. The lowest BCUT2D eigenvalue weighted by molar-refractivity contribution is -0.123. The number of hydrogen-bond donors (Lipinski definition) is 0. The smallest absolute Gasteiger partial charge is 0.293 e. The highest BCUT2D eigenvalue weighted by atomic mass is 35.5. The first-order chi connectivity index (χ1) is 18.0. The third kappa shape index (κ3) is 5.66. The average molecular weight is 530 g/mol. The lowest BCUT2D eigenvalue weighted by Gasteiger charge is -2.14. The number of ether oxygens (including phenoxy) is 2. The first-order valence-electron chi connectivity index (χ1n) is 11.9. The van der Waals surface area contributed by atoms with Gasteiger partial charge in [0.1, 0.15) is 6.61 Å². The quantitative estimate of drug-likeness (QED) is 0.219. The van der Waals surface area contributed by atoms with E-state index in [0.717, 1.165) is 39.2 Å². The molecular weight excluding hydrogens is 506 g/mol. The van der Waals surface area contributed by atoms with Crippen molar-refractivity contribution in [1.29, 1.82) is 0 Å². The Balaban J connectivity index is 1.34. The van der Waals surface area contributed by atoms with Crippen LogP contribution in [-0.4, -0.2) is 22.7 Å². The second kappa shape index (κ2) is 11.1. The van der Waals surface area contributed by atoms with E-state index in [4.69, 9.17) is 21.1 Å². The summed E-state index contributed by atoms with van der Waals surface area (Å²) in [6.45, 7) is 2.95. The fourth-order valence-corrected chi connectivity index (χ4v) is 5.10. The van der Waals surface area contributed by atoms with Crippen LogP contribution in [0.15, 0.2) is 89.8 Å². The number of imide groups is 1. The Morgan fingerprint density at radius 3 is 2.49 bits per heavy atom. The zero-order chi connectivity index (χ0) is 25.8. The van der Waals surface area contributed by atoms with E-state index < -0.39 is 0 Å². The molecule has 1 heterocycles. The molecule has 7 heteroatoms. The molecule has 5 nitrogen and oxygen atoms in total. The Morgan fingerprint density at radius 1 is 0.892 bits per heavy atom. The molecule has 0 radical (unpaired) electrons. The van der Waals surface area contributed by atoms with Crippen molar-refractivity contribution in [3.8, 4) is 11.5 Å². The van der Waals surface area contributed by atoms with E-state index in [9.17, 15) is 9.59 Å². The first-order valence-corrected chi connectivity index (χ1v) is 13.1. The van der Waals surface area contributed by atoms with Crippen molar-refractivity contribution in [2.45, 2.75) is 20.1 Å². The molecule has 0 unspecified atom stereocenters. The molecule has 1 saturated heterocycles. The van der Waals surface area contributed by atoms with Crippen molar-refractivity contribution in [3.63, 3.8) is 0 Å². The van der Waals surface area contributed by atoms with E-state index in [1.165, 1.54) is 4.90 Å². The Morgan fingerprint density at radius 2 is 1.68 bits per heavy atom. The van der Waals surface area contributed by atoms with Gasteiger partial charge >= 0.3 is 0 Å². The zero-order valence-electron chi connectivity index (χ0n) is 20.1. The molecule has 1 aliphatic rings. The van der Waals surface area contributed by atoms with Crippen LogP contribution in [-0.2, 0) is 17.9 Å². The van der Waals surface area contributed by atoms with Crippen molar-refractivity contribution in [2.24, 2.45) is 0 Å². The summed E-state index contributed by atoms with van der Waals surface area (Å²) in [5.74, 6) is 0.863. The molecule has 1 fully saturated rings. The summed E-state index contributed by atoms with van der Waals surface area (Å²) in [4.78, 5) is 27.6. The molecule has 5 rings (SSSR count). The third-order valence-electron chi connectivity index (χ3n) is 5.95. The SMILES string of the molecule is CCOc1cc(/C=C2/SC(=O)N(Cc3cccc4ccccc34)C2=O)ccc1OCc1ccc(Cl)cc1. The summed E-state index contributed by atoms with van der Waals surface area (Å²) in [6, 6.07) is 26.8. The van der Waals surface area contributed by atoms with Gasteiger partial charge in [-0.3, -0.25) is 14.5 Å². The van der Waals surface area contributed by atoms with Crippen LogP contribution in [0, 0.1) is 0 Å². The maximum absolute atomic E-state index is 13.2. The highest BCUT2D eigenvalue weighted by molar-refractivity contribution is 8.18. The first kappa shape index (κ1) is 24.9. The van der Waals surface area contributed by atoms with Crippen LogP contribution >= 0.6 is 23.4 Å². The van der Waals surface area contributed by atoms with Crippen molar-refractivity contribution in [2.75, 3.05) is 6.61 Å². The van der Waals surface area contributed by atoms with E-state index in [1.807, 2.05) is 91.9 Å². The van der Waals surface area contributed by atoms with Gasteiger partial charge in [0.25, 0.3) is 11.1 Å². The normalized spacial score (nSPS) is 14.5. The lowest BCUT2D eigenvalue weighted by atomic mass is 10.0. The molecule has 4 aromatic carbocycles. The largest absolute Gasteiger partial charge is 0.490 e. The molecule has 0 aromatic heterocycles. The molecule has 0 bridgehead atoms. The highest BCUT2D eigenvalue weighted by Crippen LogP contribution is 2.36. The fourth-order valence-electron chi connectivity index (χ4n) is 4.13. The predicted octanol–water partition coefficient (Wildman–Crippen LogP) is 7.71. The van der Waals surface area contributed by atoms with E-state index in [2.05, 4.69) is 0 Å². The number of rotatable bonds is 8. The monoisotopic (exact) mass is 529 g/mol. The molecule has 0 atom stereocenters. The molecule has 37 heavy (non-hydrogen) atoms. The topological polar surface area (TPSA) is 55.8 Å². The van der Waals surface area contributed by atoms with Gasteiger partial charge in [0.2, 0.25) is 0 Å². The molecule has 2 amide bonds. The van der Waals surface area contributed by atoms with Crippen LogP contribution in [0.5, 0.6) is 11.5 Å². The summed E-state index contributed by atoms with van der Waals surface area (Å²) in [6.07, 6.45) is 1.72. The van der Waals surface area contributed by atoms with Crippen molar-refractivity contribution >= 4 is 51.4 Å². The maximum Gasteiger partial charge on any atom is 0.293 e. The number of carbonyl (C=O) groups is 2. The molecule has 186 valence electrons. The van der Waals surface area contributed by atoms with Gasteiger partial charge in [-0.05, 0) is 76.5 Å². The van der Waals surface area contributed by atoms with E-state index >= 15 is 0 Å². The second-order valence-electron chi connectivity index (χ2n) is 8.46. The summed E-state index contributed by atoms with van der Waals surface area (Å²) >= 11 is 6.91. The van der Waals surface area contributed by atoms with E-state index in [0.29, 0.717) is 34.6 Å². The minimum absolute atomic E-state index is 0.227. The Kier molecular flexibility index (Phi) is 7.49. The number of hydrogen-bond acceptors (Lipinski definition) is 5. The number of carbonyl (C=O) groups excluding carboxylic acids is 2. The number of fused-ring (bicyclic) bond motifs is 1. The Labute approximate surface area is 224 Å². The van der Waals surface area contributed by atoms with Crippen molar-refractivity contribution in [1.82, 2.24) is 4.90 Å². The molecule has 4 aromatic rings. The fraction of sp³-hybridized carbons (Fsp3) is 0.133. The number of amides is 2. The van der Waals surface area contributed by atoms with E-state index in [-0.39, 0.29) is 17.7 Å². The van der Waals surface area contributed by atoms with Gasteiger partial charge in [0.05, 0.1) is 18.1 Å². The highest BCUT2D eigenvalue weighted by Gasteiger charge is 2.35. The van der Waals surface area contributed by atoms with Gasteiger partial charge in [0.15, 0.2) is 11.5 Å². The van der Waals surface area contributed by atoms with Gasteiger partial charge in [0, 0.05) is 5.02 Å². The molecular formula is C30H24ClNO4S. The predicted molar refractivity (Wildman–Crippen MR) is 149 cm³/mol. The molecule has 0 spiro atoms. The van der Waals surface area contributed by atoms with Gasteiger partial charge in [-0.25, -0.2) is 0 Å². The number of halogens is 1. The number of thioether (sulfide) groups is 1. The van der Waals surface area contributed by atoms with Crippen LogP contribution < -0.4 is 9.47 Å². The zero-order valence-corrected chi connectivity index (χ0v) is 21.7. The van der Waals surface area contributed by atoms with Crippen LogP contribution in [0.25, 0.3) is 16.8 Å². The van der Waals surface area contributed by atoms with Crippen molar-refractivity contribution in [3.05, 3.63) is 112 Å². The van der Waals surface area contributed by atoms with Crippen LogP contribution in [0.3, 0.4) is 0 Å². The van der Waals surface area contributed by atoms with Gasteiger partial charge < -0.3 is 9.47 Å². The van der Waals surface area contributed by atoms with E-state index in [1.54, 1.807) is 6.08 Å². The van der Waals surface area contributed by atoms with Crippen LogP contribution in [0.4, 0.5) is 4.79 Å². The molecule has 0 N–H and O–H groups in total. The van der Waals surface area contributed by atoms with Crippen LogP contribution in [0.1, 0.15) is 23.6 Å². The molecule has 0 aliphatic carbocycles. The minimum atomic E-state index is -0.302. The summed E-state index contributed by atoms with van der Waals surface area (Å²) in [5.41, 5.74) is 2.66. The Hall–Kier alpha value is -3.74. The molecule has 0 saturated carbocycles. The number of benzene rings is 4. The second-order valence-corrected chi connectivity index (χ2v) is 9.89. The van der Waals surface area contributed by atoms with Gasteiger partial charge in [-0.2, -0.15) is 0 Å². The minimum Gasteiger partial charge on any atom is -0.490 e. The van der Waals surface area contributed by atoms with Crippen LogP contribution in [0.2, 0.25) is 5.02 Å². The number of nitrogens with zero attached hydrogens (tertiary/aromatic N) is 1. The Bertz CT molecular complexity index is 1490. The van der Waals surface area contributed by atoms with Gasteiger partial charge in [-0.1, -0.05) is 72.3 Å². The third-order valence-corrected chi connectivity index (χ3v) is 7.11. The summed E-state index contributed by atoms with van der Waals surface area (Å²) in [5, 5.41) is 2.50. The molecule has 1 aliphatic heterocycles. The maximum atomic E-state index is 13.2. The summed E-state index contributed by atoms with van der Waals surface area (Å²) < 4.78 is 11.8. The average Bonchev–Trinajstić information content (AvgIpc) is 3.17.